The van der Waals surface area contributed by atoms with Gasteiger partial charge in [0.1, 0.15) is 5.82 Å². The monoisotopic (exact) mass is 412 g/mol. The number of pyridine rings is 1. The molecule has 0 spiro atoms. The Hall–Kier alpha value is -3.25. The van der Waals surface area contributed by atoms with Crippen LogP contribution in [0.15, 0.2) is 72.4 Å². The summed E-state index contributed by atoms with van der Waals surface area (Å²) in [5.41, 5.74) is 4.62. The number of hydrogen-bond acceptors (Lipinski definition) is 5. The molecule has 2 aromatic heterocycles. The van der Waals surface area contributed by atoms with Crippen LogP contribution in [-0.4, -0.2) is 45.0 Å². The lowest BCUT2D eigenvalue weighted by Crippen LogP contribution is -2.38. The molecule has 5 rings (SSSR count). The molecule has 0 radical (unpaired) electrons. The van der Waals surface area contributed by atoms with Gasteiger partial charge < -0.3 is 5.32 Å². The third kappa shape index (κ3) is 4.44. The van der Waals surface area contributed by atoms with Crippen LogP contribution in [0.4, 0.5) is 5.82 Å². The number of nitrogens with zero attached hydrogens (tertiary/aromatic N) is 5. The lowest BCUT2D eigenvalue weighted by molar-refractivity contribution is 0.223. The summed E-state index contributed by atoms with van der Waals surface area (Å²) in [5, 5.41) is 10.0. The molecule has 6 nitrogen and oxygen atoms in total. The highest BCUT2D eigenvalue weighted by atomic mass is 15.2. The number of anilines is 1. The van der Waals surface area contributed by atoms with Crippen molar-refractivity contribution in [2.75, 3.05) is 25.0 Å². The summed E-state index contributed by atoms with van der Waals surface area (Å²) in [5.74, 6) is 1.33. The van der Waals surface area contributed by atoms with Crippen LogP contribution >= 0.6 is 0 Å². The molecular formula is C25H28N6. The van der Waals surface area contributed by atoms with Crippen LogP contribution in [-0.2, 0) is 7.05 Å². The first-order valence-electron chi connectivity index (χ1n) is 10.9. The minimum Gasteiger partial charge on any atom is -0.344 e. The van der Waals surface area contributed by atoms with Crippen LogP contribution in [0.2, 0.25) is 0 Å². The number of rotatable bonds is 6. The van der Waals surface area contributed by atoms with Gasteiger partial charge in [0.15, 0.2) is 0 Å². The highest BCUT2D eigenvalue weighted by Crippen LogP contribution is 2.28. The van der Waals surface area contributed by atoms with Crippen LogP contribution in [0.5, 0.6) is 0 Å². The number of likely N-dealkylation sites (tertiary alicyclic amines) is 1. The Morgan fingerprint density at radius 2 is 2.00 bits per heavy atom. The quantitative estimate of drug-likeness (QED) is 0.641. The molecule has 6 heteroatoms. The van der Waals surface area contributed by atoms with Crippen LogP contribution in [0.25, 0.3) is 21.9 Å². The second-order valence-electron chi connectivity index (χ2n) is 8.52. The molecule has 0 unspecified atom stereocenters. The van der Waals surface area contributed by atoms with Crippen molar-refractivity contribution in [1.82, 2.24) is 19.7 Å². The van der Waals surface area contributed by atoms with Gasteiger partial charge in [0.05, 0.1) is 6.20 Å². The molecule has 31 heavy (non-hydrogen) atoms. The van der Waals surface area contributed by atoms with Crippen LogP contribution in [0, 0.1) is 5.92 Å². The summed E-state index contributed by atoms with van der Waals surface area (Å²) in [6, 6.07) is 8.54. The maximum Gasteiger partial charge on any atom is 0.130 e. The van der Waals surface area contributed by atoms with Crippen molar-refractivity contribution in [3.05, 3.63) is 67.4 Å². The molecule has 1 fully saturated rings. The molecule has 1 saturated heterocycles. The summed E-state index contributed by atoms with van der Waals surface area (Å²) in [6.45, 7) is 7.50. The third-order valence-corrected chi connectivity index (χ3v) is 6.25. The topological polar surface area (TPSA) is 58.3 Å². The van der Waals surface area contributed by atoms with Gasteiger partial charge >= 0.3 is 0 Å². The van der Waals surface area contributed by atoms with Crippen molar-refractivity contribution in [1.29, 1.82) is 0 Å². The zero-order valence-corrected chi connectivity index (χ0v) is 18.0. The minimum absolute atomic E-state index is 0.471. The Morgan fingerprint density at radius 1 is 1.13 bits per heavy atom. The van der Waals surface area contributed by atoms with Crippen LogP contribution in [0.1, 0.15) is 19.3 Å². The molecular weight excluding hydrogens is 384 g/mol. The summed E-state index contributed by atoms with van der Waals surface area (Å²) in [7, 11) is 1.94. The van der Waals surface area contributed by atoms with E-state index in [1.807, 2.05) is 36.5 Å². The van der Waals surface area contributed by atoms with Crippen molar-refractivity contribution < 1.29 is 0 Å². The first kappa shape index (κ1) is 19.7. The largest absolute Gasteiger partial charge is 0.344 e. The predicted molar refractivity (Wildman–Crippen MR) is 127 cm³/mol. The molecule has 1 aromatic carbocycles. The SMILES string of the molecule is C=C(Nc1cc2cc(-c3cnn(C)c3)ccc2cn1)C1CCN(CC2=NC=CC2)CC1. The molecule has 1 N–H and O–H groups in total. The number of fused-ring (bicyclic) bond motifs is 1. The average Bonchev–Trinajstić information content (AvgIpc) is 3.45. The zero-order valence-electron chi connectivity index (χ0n) is 18.0. The molecule has 0 aliphatic carbocycles. The Balaban J connectivity index is 1.23. The maximum absolute atomic E-state index is 4.61. The van der Waals surface area contributed by atoms with Gasteiger partial charge in [0.2, 0.25) is 0 Å². The van der Waals surface area contributed by atoms with Gasteiger partial charge in [0, 0.05) is 66.9 Å². The second-order valence-corrected chi connectivity index (χ2v) is 8.52. The summed E-state index contributed by atoms with van der Waals surface area (Å²) in [4.78, 5) is 11.6. The Morgan fingerprint density at radius 3 is 2.74 bits per heavy atom. The van der Waals surface area contributed by atoms with Gasteiger partial charge in [0.25, 0.3) is 0 Å². The van der Waals surface area contributed by atoms with E-state index in [1.54, 1.807) is 0 Å². The first-order chi connectivity index (χ1) is 15.1. The molecule has 2 aliphatic rings. The summed E-state index contributed by atoms with van der Waals surface area (Å²) in [6.07, 6.45) is 13.1. The number of piperidine rings is 1. The van der Waals surface area contributed by atoms with E-state index in [2.05, 4.69) is 62.2 Å². The second kappa shape index (κ2) is 8.47. The summed E-state index contributed by atoms with van der Waals surface area (Å²) < 4.78 is 1.83. The van der Waals surface area contributed by atoms with Gasteiger partial charge in [-0.3, -0.25) is 14.6 Å². The van der Waals surface area contributed by atoms with E-state index in [0.29, 0.717) is 5.92 Å². The Labute approximate surface area is 183 Å². The number of aliphatic imine (C=N–C) groups is 1. The normalized spacial score (nSPS) is 17.3. The average molecular weight is 413 g/mol. The van der Waals surface area contributed by atoms with Gasteiger partial charge in [-0.05, 0) is 49.0 Å². The molecule has 4 heterocycles. The van der Waals surface area contributed by atoms with Crippen molar-refractivity contribution >= 4 is 22.3 Å². The maximum atomic E-state index is 4.61. The summed E-state index contributed by atoms with van der Waals surface area (Å²) >= 11 is 0. The molecule has 3 aromatic rings. The number of aryl methyl sites for hydroxylation is 1. The number of benzene rings is 1. The number of nitrogens with one attached hydrogen (secondary N) is 1. The lowest BCUT2D eigenvalue weighted by atomic mass is 9.93. The fraction of sp³-hybridized carbons (Fsp3) is 0.320. The number of hydrogen-bond donors (Lipinski definition) is 1. The van der Waals surface area contributed by atoms with Gasteiger partial charge in [-0.15, -0.1) is 0 Å². The van der Waals surface area contributed by atoms with Crippen LogP contribution < -0.4 is 5.32 Å². The van der Waals surface area contributed by atoms with Gasteiger partial charge in [-0.2, -0.15) is 5.10 Å². The van der Waals surface area contributed by atoms with E-state index >= 15 is 0 Å². The molecule has 0 saturated carbocycles. The minimum atomic E-state index is 0.471. The molecule has 0 atom stereocenters. The fourth-order valence-electron chi connectivity index (χ4n) is 4.43. The molecule has 0 bridgehead atoms. The standard InChI is InChI=1S/C25H28N6/c1-18(19-7-10-31(11-8-19)17-24-4-3-9-26-24)29-25-13-22-12-20(5-6-21(22)14-27-25)23-15-28-30(2)16-23/h3,5-6,9,12-16,19H,1,4,7-8,10-11,17H2,2H3,(H,27,29). The molecule has 158 valence electrons. The zero-order chi connectivity index (χ0) is 21.2. The van der Waals surface area contributed by atoms with Crippen molar-refractivity contribution in [3.8, 4) is 11.1 Å². The van der Waals surface area contributed by atoms with Crippen molar-refractivity contribution in [3.63, 3.8) is 0 Å². The number of aromatic nitrogens is 3. The third-order valence-electron chi connectivity index (χ3n) is 6.25. The predicted octanol–water partition coefficient (Wildman–Crippen LogP) is 4.63. The van der Waals surface area contributed by atoms with Crippen molar-refractivity contribution in [2.24, 2.45) is 18.0 Å². The van der Waals surface area contributed by atoms with Gasteiger partial charge in [-0.25, -0.2) is 4.98 Å². The van der Waals surface area contributed by atoms with Gasteiger partial charge in [-0.1, -0.05) is 24.8 Å². The smallest absolute Gasteiger partial charge is 0.130 e. The van der Waals surface area contributed by atoms with E-state index in [1.165, 1.54) is 5.71 Å². The Bertz CT molecular complexity index is 1160. The molecule has 0 amide bonds. The van der Waals surface area contributed by atoms with E-state index in [-0.39, 0.29) is 0 Å². The lowest BCUT2D eigenvalue weighted by Gasteiger charge is -2.33. The fourth-order valence-corrected chi connectivity index (χ4v) is 4.43. The first-order valence-corrected chi connectivity index (χ1v) is 10.9. The van der Waals surface area contributed by atoms with Crippen LogP contribution in [0.3, 0.4) is 0 Å². The Kier molecular flexibility index (Phi) is 5.38. The van der Waals surface area contributed by atoms with Crippen molar-refractivity contribution in [2.45, 2.75) is 19.3 Å². The highest BCUT2D eigenvalue weighted by Gasteiger charge is 2.22. The molecule has 2 aliphatic heterocycles. The van der Waals surface area contributed by atoms with E-state index < -0.39 is 0 Å². The highest BCUT2D eigenvalue weighted by molar-refractivity contribution is 5.90. The van der Waals surface area contributed by atoms with E-state index in [4.69, 9.17) is 0 Å². The van der Waals surface area contributed by atoms with E-state index in [0.717, 1.165) is 72.3 Å². The number of allylic oxidation sites excluding steroid dienone is 2. The van der Waals surface area contributed by atoms with E-state index in [9.17, 15) is 0 Å².